The Morgan fingerprint density at radius 1 is 0.857 bits per heavy atom. The van der Waals surface area contributed by atoms with E-state index in [2.05, 4.69) is 15.3 Å². The molecule has 8 heteroatoms. The number of benzene rings is 2. The number of anilines is 1. The van der Waals surface area contributed by atoms with Crippen LogP contribution in [0, 0.1) is 0 Å². The van der Waals surface area contributed by atoms with Gasteiger partial charge in [-0.15, -0.1) is 0 Å². The van der Waals surface area contributed by atoms with E-state index in [1.54, 1.807) is 18.5 Å². The maximum atomic E-state index is 12.1. The van der Waals surface area contributed by atoms with Gasteiger partial charge < -0.3 is 5.32 Å². The van der Waals surface area contributed by atoms with E-state index in [9.17, 15) is 8.42 Å². The highest BCUT2D eigenvalue weighted by atomic mass is 32.2. The quantitative estimate of drug-likeness (QED) is 0.350. The molecule has 0 aliphatic rings. The van der Waals surface area contributed by atoms with Crippen molar-refractivity contribution in [2.45, 2.75) is 17.9 Å². The molecule has 2 aromatic carbocycles. The molecule has 0 aliphatic heterocycles. The Hall–Kier alpha value is -4.17. The first-order valence-electron chi connectivity index (χ1n) is 11.1. The number of pyridine rings is 2. The number of aromatic nitrogens is 4. The van der Waals surface area contributed by atoms with E-state index in [4.69, 9.17) is 9.97 Å². The zero-order valence-electron chi connectivity index (χ0n) is 19.3. The SMILES string of the molecule is CC(Nc1nc(-c2cncc(S(C)(=O)=O)c2)nc2cccc(-c3ccccc3)c12)c1ccccn1. The molecule has 35 heavy (non-hydrogen) atoms. The van der Waals surface area contributed by atoms with E-state index in [1.165, 1.54) is 6.20 Å². The second-order valence-electron chi connectivity index (χ2n) is 8.26. The lowest BCUT2D eigenvalue weighted by Gasteiger charge is -2.18. The third kappa shape index (κ3) is 4.74. The summed E-state index contributed by atoms with van der Waals surface area (Å²) in [5.41, 5.74) is 4.17. The minimum Gasteiger partial charge on any atom is -0.361 e. The highest BCUT2D eigenvalue weighted by Gasteiger charge is 2.18. The van der Waals surface area contributed by atoms with E-state index in [0.29, 0.717) is 17.2 Å². The molecular weight excluding hydrogens is 458 g/mol. The Balaban J connectivity index is 1.72. The number of hydrogen-bond donors (Lipinski definition) is 1. The van der Waals surface area contributed by atoms with Crippen molar-refractivity contribution in [3.05, 3.63) is 97.1 Å². The second-order valence-corrected chi connectivity index (χ2v) is 10.3. The molecule has 0 radical (unpaired) electrons. The van der Waals surface area contributed by atoms with Crippen molar-refractivity contribution in [3.63, 3.8) is 0 Å². The molecule has 7 nitrogen and oxygen atoms in total. The first kappa shape index (κ1) is 22.6. The Morgan fingerprint density at radius 2 is 1.66 bits per heavy atom. The van der Waals surface area contributed by atoms with E-state index < -0.39 is 9.84 Å². The molecule has 3 aromatic heterocycles. The van der Waals surface area contributed by atoms with Gasteiger partial charge in [-0.2, -0.15) is 0 Å². The van der Waals surface area contributed by atoms with Gasteiger partial charge in [-0.3, -0.25) is 9.97 Å². The summed E-state index contributed by atoms with van der Waals surface area (Å²) in [6.07, 6.45) is 5.82. The van der Waals surface area contributed by atoms with Crippen LogP contribution < -0.4 is 5.32 Å². The zero-order chi connectivity index (χ0) is 24.4. The van der Waals surface area contributed by atoms with Crippen LogP contribution in [0.25, 0.3) is 33.4 Å². The fourth-order valence-electron chi connectivity index (χ4n) is 3.93. The van der Waals surface area contributed by atoms with E-state index in [1.807, 2.05) is 73.7 Å². The van der Waals surface area contributed by atoms with E-state index in [0.717, 1.165) is 34.0 Å². The van der Waals surface area contributed by atoms with Crippen LogP contribution in [0.2, 0.25) is 0 Å². The van der Waals surface area contributed by atoms with Gasteiger partial charge in [-0.25, -0.2) is 18.4 Å². The normalized spacial score (nSPS) is 12.4. The number of sulfone groups is 1. The van der Waals surface area contributed by atoms with Crippen LogP contribution in [0.4, 0.5) is 5.82 Å². The van der Waals surface area contributed by atoms with E-state index >= 15 is 0 Å². The van der Waals surface area contributed by atoms with Gasteiger partial charge in [0.15, 0.2) is 15.7 Å². The molecule has 174 valence electrons. The molecule has 0 spiro atoms. The molecule has 1 atom stereocenters. The summed E-state index contributed by atoms with van der Waals surface area (Å²) in [6, 6.07) is 23.2. The predicted molar refractivity (Wildman–Crippen MR) is 138 cm³/mol. The number of rotatable bonds is 6. The number of nitrogens with zero attached hydrogens (tertiary/aromatic N) is 4. The van der Waals surface area contributed by atoms with Crippen molar-refractivity contribution in [2.24, 2.45) is 0 Å². The van der Waals surface area contributed by atoms with E-state index in [-0.39, 0.29) is 10.9 Å². The Bertz CT molecular complexity index is 1610. The maximum absolute atomic E-state index is 12.1. The highest BCUT2D eigenvalue weighted by Crippen LogP contribution is 2.35. The van der Waals surface area contributed by atoms with Crippen molar-refractivity contribution in [3.8, 4) is 22.5 Å². The van der Waals surface area contributed by atoms with Crippen LogP contribution in [-0.4, -0.2) is 34.6 Å². The van der Waals surface area contributed by atoms with Crippen LogP contribution in [0.15, 0.2) is 96.3 Å². The van der Waals surface area contributed by atoms with Crippen molar-refractivity contribution in [2.75, 3.05) is 11.6 Å². The average molecular weight is 482 g/mol. The Kier molecular flexibility index (Phi) is 5.96. The highest BCUT2D eigenvalue weighted by molar-refractivity contribution is 7.90. The molecule has 5 rings (SSSR count). The smallest absolute Gasteiger partial charge is 0.177 e. The van der Waals surface area contributed by atoms with Gasteiger partial charge >= 0.3 is 0 Å². The van der Waals surface area contributed by atoms with Crippen LogP contribution in [0.5, 0.6) is 0 Å². The summed E-state index contributed by atoms with van der Waals surface area (Å²) < 4.78 is 24.2. The number of nitrogens with one attached hydrogen (secondary N) is 1. The van der Waals surface area contributed by atoms with Gasteiger partial charge in [0.25, 0.3) is 0 Å². The average Bonchev–Trinajstić information content (AvgIpc) is 2.89. The number of hydrogen-bond acceptors (Lipinski definition) is 7. The lowest BCUT2D eigenvalue weighted by molar-refractivity contribution is 0.601. The maximum Gasteiger partial charge on any atom is 0.177 e. The number of fused-ring (bicyclic) bond motifs is 1. The molecular formula is C27H23N5O2S. The third-order valence-corrected chi connectivity index (χ3v) is 6.77. The molecule has 1 unspecified atom stereocenters. The van der Waals surface area contributed by atoms with Gasteiger partial charge in [-0.1, -0.05) is 48.5 Å². The van der Waals surface area contributed by atoms with Crippen molar-refractivity contribution in [1.82, 2.24) is 19.9 Å². The molecule has 0 bridgehead atoms. The minimum atomic E-state index is -3.43. The Labute approximate surface area is 203 Å². The monoisotopic (exact) mass is 481 g/mol. The van der Waals surface area contributed by atoms with Gasteiger partial charge in [0, 0.05) is 30.4 Å². The largest absolute Gasteiger partial charge is 0.361 e. The summed E-state index contributed by atoms with van der Waals surface area (Å²) in [6.45, 7) is 2.02. The lowest BCUT2D eigenvalue weighted by Crippen LogP contribution is -2.11. The van der Waals surface area contributed by atoms with Gasteiger partial charge in [0.2, 0.25) is 0 Å². The zero-order valence-corrected chi connectivity index (χ0v) is 20.1. The lowest BCUT2D eigenvalue weighted by atomic mass is 10.0. The predicted octanol–water partition coefficient (Wildman–Crippen LogP) is 5.33. The first-order chi connectivity index (χ1) is 16.9. The fraction of sp³-hybridized carbons (Fsp3) is 0.111. The van der Waals surface area contributed by atoms with Crippen LogP contribution in [0.1, 0.15) is 18.7 Å². The van der Waals surface area contributed by atoms with Crippen LogP contribution in [-0.2, 0) is 9.84 Å². The molecule has 1 N–H and O–H groups in total. The topological polar surface area (TPSA) is 97.7 Å². The van der Waals surface area contributed by atoms with Gasteiger partial charge in [0.05, 0.1) is 27.5 Å². The van der Waals surface area contributed by atoms with Gasteiger partial charge in [-0.05, 0) is 42.3 Å². The molecule has 0 fully saturated rings. The van der Waals surface area contributed by atoms with Crippen molar-refractivity contribution in [1.29, 1.82) is 0 Å². The summed E-state index contributed by atoms with van der Waals surface area (Å²) in [5.74, 6) is 1.02. The molecule has 0 saturated carbocycles. The van der Waals surface area contributed by atoms with Crippen LogP contribution in [0.3, 0.4) is 0 Å². The van der Waals surface area contributed by atoms with Crippen LogP contribution >= 0.6 is 0 Å². The second kappa shape index (κ2) is 9.23. The standard InChI is InChI=1S/C27H23N5O2S/c1-18(23-12-6-7-14-29-23)30-27-25-22(19-9-4-3-5-10-19)11-8-13-24(25)31-26(32-27)20-15-21(17-28-16-20)35(2,33)34/h3-18H,1-2H3,(H,30,31,32). The Morgan fingerprint density at radius 3 is 2.40 bits per heavy atom. The molecule has 0 aliphatic carbocycles. The van der Waals surface area contributed by atoms with Crippen molar-refractivity contribution < 1.29 is 8.42 Å². The molecule has 0 saturated heterocycles. The molecule has 3 heterocycles. The van der Waals surface area contributed by atoms with Crippen molar-refractivity contribution >= 4 is 26.6 Å². The summed E-state index contributed by atoms with van der Waals surface area (Å²) in [7, 11) is -3.43. The first-order valence-corrected chi connectivity index (χ1v) is 13.0. The fourth-order valence-corrected chi connectivity index (χ4v) is 4.52. The molecule has 0 amide bonds. The summed E-state index contributed by atoms with van der Waals surface area (Å²) >= 11 is 0. The molecule has 5 aromatic rings. The summed E-state index contributed by atoms with van der Waals surface area (Å²) in [4.78, 5) is 18.4. The third-order valence-electron chi connectivity index (χ3n) is 5.69. The van der Waals surface area contributed by atoms with Gasteiger partial charge in [0.1, 0.15) is 5.82 Å². The summed E-state index contributed by atoms with van der Waals surface area (Å²) in [5, 5.41) is 4.39. The minimum absolute atomic E-state index is 0.119.